The summed E-state index contributed by atoms with van der Waals surface area (Å²) >= 11 is 0. The minimum absolute atomic E-state index is 0.0674. The van der Waals surface area contributed by atoms with Gasteiger partial charge in [-0.25, -0.2) is 0 Å². The molecule has 0 rings (SSSR count). The van der Waals surface area contributed by atoms with Gasteiger partial charge in [0, 0.05) is 26.9 Å². The molecular formula is C24H53NO3Si. The minimum atomic E-state index is -2.78. The van der Waals surface area contributed by atoms with Gasteiger partial charge in [-0.15, -0.1) is 0 Å². The number of hydrogen-bond acceptors (Lipinski definition) is 4. The smallest absolute Gasteiger partial charge is 0.364 e. The van der Waals surface area contributed by atoms with Crippen LogP contribution in [0.1, 0.15) is 124 Å². The lowest BCUT2D eigenvalue weighted by Gasteiger charge is -2.40. The van der Waals surface area contributed by atoms with Gasteiger partial charge in [0.1, 0.15) is 0 Å². The van der Waals surface area contributed by atoms with Gasteiger partial charge < -0.3 is 13.3 Å². The summed E-state index contributed by atoms with van der Waals surface area (Å²) in [6.07, 6.45) is 20.5. The normalized spacial score (nSPS) is 13.8. The molecule has 0 aromatic carbocycles. The number of hydrogen-bond donors (Lipinski definition) is 1. The summed E-state index contributed by atoms with van der Waals surface area (Å²) in [5, 5.41) is 0. The Balaban J connectivity index is 4.09. The molecule has 5 heteroatoms. The fourth-order valence-electron chi connectivity index (χ4n) is 4.35. The van der Waals surface area contributed by atoms with Crippen LogP contribution in [0.3, 0.4) is 0 Å². The van der Waals surface area contributed by atoms with Crippen molar-refractivity contribution in [2.75, 3.05) is 21.3 Å². The Morgan fingerprint density at radius 1 is 0.621 bits per heavy atom. The third-order valence-corrected chi connectivity index (χ3v) is 8.91. The molecule has 0 aromatic heterocycles. The Bertz CT molecular complexity index is 354. The second kappa shape index (κ2) is 17.7. The average Bonchev–Trinajstić information content (AvgIpc) is 2.72. The van der Waals surface area contributed by atoms with Gasteiger partial charge in [-0.3, -0.25) is 4.98 Å². The van der Waals surface area contributed by atoms with E-state index in [-0.39, 0.29) is 5.54 Å². The van der Waals surface area contributed by atoms with E-state index in [0.717, 1.165) is 0 Å². The van der Waals surface area contributed by atoms with Crippen molar-refractivity contribution in [3.63, 3.8) is 0 Å². The molecule has 176 valence electrons. The molecule has 0 amide bonds. The lowest BCUT2D eigenvalue weighted by atomic mass is 9.81. The van der Waals surface area contributed by atoms with Gasteiger partial charge in [0.25, 0.3) is 0 Å². The highest BCUT2D eigenvalue weighted by Crippen LogP contribution is 2.29. The second-order valence-electron chi connectivity index (χ2n) is 9.18. The van der Waals surface area contributed by atoms with Gasteiger partial charge in [-0.2, -0.15) is 0 Å². The highest BCUT2D eigenvalue weighted by Gasteiger charge is 2.46. The summed E-state index contributed by atoms with van der Waals surface area (Å²) < 4.78 is 16.8. The molecule has 1 N–H and O–H groups in total. The molecule has 0 heterocycles. The van der Waals surface area contributed by atoms with E-state index in [2.05, 4.69) is 32.7 Å². The monoisotopic (exact) mass is 431 g/mol. The van der Waals surface area contributed by atoms with Crippen molar-refractivity contribution in [2.45, 2.75) is 130 Å². The molecule has 4 nitrogen and oxygen atoms in total. The molecule has 0 fully saturated rings. The standard InChI is InChI=1S/C24H53NO3Si/c1-8-10-11-12-13-14-15-16-17-18-19-20-22-23(21-9-2)24(3,4)25-29(26-5,27-6)28-7/h23,25H,8-22H2,1-7H3. The maximum absolute atomic E-state index is 5.60. The van der Waals surface area contributed by atoms with Crippen molar-refractivity contribution >= 4 is 8.97 Å². The molecular weight excluding hydrogens is 378 g/mol. The molecule has 1 atom stereocenters. The molecule has 0 aromatic rings. The summed E-state index contributed by atoms with van der Waals surface area (Å²) in [5.74, 6) is 0.600. The zero-order chi connectivity index (χ0) is 22.0. The van der Waals surface area contributed by atoms with E-state index in [1.807, 2.05) is 0 Å². The van der Waals surface area contributed by atoms with Crippen molar-refractivity contribution in [1.82, 2.24) is 4.98 Å². The molecule has 0 saturated heterocycles. The summed E-state index contributed by atoms with van der Waals surface area (Å²) in [4.78, 5) is 3.61. The Hall–Kier alpha value is 0.0569. The molecule has 0 aliphatic rings. The summed E-state index contributed by atoms with van der Waals surface area (Å²) in [6.45, 7) is 9.11. The van der Waals surface area contributed by atoms with Gasteiger partial charge in [0.15, 0.2) is 0 Å². The molecule has 0 bridgehead atoms. The zero-order valence-electron chi connectivity index (χ0n) is 20.9. The molecule has 0 radical (unpaired) electrons. The Labute approximate surface area is 184 Å². The topological polar surface area (TPSA) is 39.7 Å². The number of nitrogens with one attached hydrogen (secondary N) is 1. The first kappa shape index (κ1) is 29.1. The lowest BCUT2D eigenvalue weighted by Crippen LogP contribution is -2.66. The van der Waals surface area contributed by atoms with E-state index in [1.165, 1.54) is 96.3 Å². The summed E-state index contributed by atoms with van der Waals surface area (Å²) in [5.41, 5.74) is -0.0674. The maximum atomic E-state index is 5.60. The third kappa shape index (κ3) is 13.2. The van der Waals surface area contributed by atoms with Gasteiger partial charge in [-0.1, -0.05) is 97.3 Å². The van der Waals surface area contributed by atoms with Gasteiger partial charge in [0.05, 0.1) is 0 Å². The van der Waals surface area contributed by atoms with Crippen molar-refractivity contribution in [3.8, 4) is 0 Å². The van der Waals surface area contributed by atoms with Gasteiger partial charge in [-0.05, 0) is 32.6 Å². The van der Waals surface area contributed by atoms with Crippen LogP contribution in [0.4, 0.5) is 0 Å². The molecule has 0 saturated carbocycles. The van der Waals surface area contributed by atoms with Crippen molar-refractivity contribution in [3.05, 3.63) is 0 Å². The van der Waals surface area contributed by atoms with Crippen molar-refractivity contribution in [1.29, 1.82) is 0 Å². The van der Waals surface area contributed by atoms with Crippen LogP contribution in [0.5, 0.6) is 0 Å². The van der Waals surface area contributed by atoms with Gasteiger partial charge in [0.2, 0.25) is 0 Å². The Kier molecular flexibility index (Phi) is 17.7. The van der Waals surface area contributed by atoms with Crippen LogP contribution in [0.25, 0.3) is 0 Å². The first-order valence-electron chi connectivity index (χ1n) is 12.4. The zero-order valence-corrected chi connectivity index (χ0v) is 21.9. The number of rotatable bonds is 21. The molecule has 0 aliphatic heterocycles. The first-order valence-corrected chi connectivity index (χ1v) is 14.1. The lowest BCUT2D eigenvalue weighted by molar-refractivity contribution is 0.0856. The first-order chi connectivity index (χ1) is 13.9. The van der Waals surface area contributed by atoms with Crippen LogP contribution in [0.2, 0.25) is 0 Å². The third-order valence-electron chi connectivity index (χ3n) is 6.35. The fourth-order valence-corrected chi connectivity index (χ4v) is 6.15. The van der Waals surface area contributed by atoms with Crippen LogP contribution in [0, 0.1) is 5.92 Å². The van der Waals surface area contributed by atoms with E-state index in [4.69, 9.17) is 13.3 Å². The second-order valence-corrected chi connectivity index (χ2v) is 11.8. The fraction of sp³-hybridized carbons (Fsp3) is 1.00. The molecule has 29 heavy (non-hydrogen) atoms. The van der Waals surface area contributed by atoms with E-state index in [1.54, 1.807) is 21.3 Å². The van der Waals surface area contributed by atoms with Crippen LogP contribution in [0.15, 0.2) is 0 Å². The molecule has 0 aliphatic carbocycles. The van der Waals surface area contributed by atoms with Crippen LogP contribution < -0.4 is 4.98 Å². The van der Waals surface area contributed by atoms with E-state index >= 15 is 0 Å². The van der Waals surface area contributed by atoms with Crippen LogP contribution in [-0.2, 0) is 13.3 Å². The highest BCUT2D eigenvalue weighted by atomic mass is 28.4. The quantitative estimate of drug-likeness (QED) is 0.154. The van der Waals surface area contributed by atoms with Crippen molar-refractivity contribution in [2.24, 2.45) is 5.92 Å². The van der Waals surface area contributed by atoms with E-state index < -0.39 is 8.97 Å². The van der Waals surface area contributed by atoms with E-state index in [9.17, 15) is 0 Å². The highest BCUT2D eigenvalue weighted by molar-refractivity contribution is 6.57. The summed E-state index contributed by atoms with van der Waals surface area (Å²) in [6, 6.07) is 0. The molecule has 1 unspecified atom stereocenters. The minimum Gasteiger partial charge on any atom is -0.364 e. The van der Waals surface area contributed by atoms with Gasteiger partial charge >= 0.3 is 8.97 Å². The maximum Gasteiger partial charge on any atom is 0.596 e. The molecule has 0 spiro atoms. The number of unbranched alkanes of at least 4 members (excludes halogenated alkanes) is 11. The largest absolute Gasteiger partial charge is 0.596 e. The summed E-state index contributed by atoms with van der Waals surface area (Å²) in [7, 11) is 2.23. The average molecular weight is 432 g/mol. The SMILES string of the molecule is CCCCCCCCCCCCCCC(CCC)C(C)(C)N[Si](OC)(OC)OC. The van der Waals surface area contributed by atoms with Crippen LogP contribution in [-0.4, -0.2) is 35.8 Å². The predicted octanol–water partition coefficient (Wildman–Crippen LogP) is 7.24. The van der Waals surface area contributed by atoms with Crippen LogP contribution >= 0.6 is 0 Å². The van der Waals surface area contributed by atoms with Crippen molar-refractivity contribution < 1.29 is 13.3 Å². The Morgan fingerprint density at radius 2 is 1.03 bits per heavy atom. The predicted molar refractivity (Wildman–Crippen MR) is 128 cm³/mol. The van der Waals surface area contributed by atoms with E-state index in [0.29, 0.717) is 5.92 Å². The Morgan fingerprint density at radius 3 is 1.41 bits per heavy atom.